The highest BCUT2D eigenvalue weighted by Crippen LogP contribution is 2.29. The average Bonchev–Trinajstić information content (AvgIpc) is 2.70. The zero-order valence-corrected chi connectivity index (χ0v) is 19.0. The third kappa shape index (κ3) is 10.5. The number of hydrogen-bond donors (Lipinski definition) is 1. The van der Waals surface area contributed by atoms with E-state index >= 15 is 0 Å². The van der Waals surface area contributed by atoms with Crippen molar-refractivity contribution in [1.82, 2.24) is 0 Å². The minimum absolute atomic E-state index is 0.191. The maximum atomic E-state index is 12.6. The fraction of sp³-hybridized carbons (Fsp3) is 0.640. The van der Waals surface area contributed by atoms with Crippen molar-refractivity contribution in [1.29, 1.82) is 0 Å². The minimum Gasteiger partial charge on any atom is -0.393 e. The Morgan fingerprint density at radius 2 is 1.31 bits per heavy atom. The zero-order valence-electron chi connectivity index (χ0n) is 19.0. The summed E-state index contributed by atoms with van der Waals surface area (Å²) < 4.78 is 0. The molecule has 29 heavy (non-hydrogen) atoms. The van der Waals surface area contributed by atoms with Crippen LogP contribution in [0.5, 0.6) is 0 Å². The van der Waals surface area contributed by atoms with Gasteiger partial charge < -0.3 is 9.90 Å². The topological polar surface area (TPSA) is 71.4 Å². The maximum absolute atomic E-state index is 12.6. The second-order valence-corrected chi connectivity index (χ2v) is 9.16. The fourth-order valence-electron chi connectivity index (χ4n) is 3.31. The fourth-order valence-corrected chi connectivity index (χ4v) is 3.31. The number of unbranched alkanes of at least 4 members (excludes halogenated alkanes) is 2. The van der Waals surface area contributed by atoms with Crippen LogP contribution in [0, 0.1) is 10.8 Å². The van der Waals surface area contributed by atoms with Gasteiger partial charge in [-0.25, -0.2) is 0 Å². The van der Waals surface area contributed by atoms with E-state index in [-0.39, 0.29) is 28.5 Å². The van der Waals surface area contributed by atoms with Gasteiger partial charge in [0.15, 0.2) is 5.78 Å². The molecule has 164 valence electrons. The summed E-state index contributed by atoms with van der Waals surface area (Å²) in [4.78, 5) is 32.1. The van der Waals surface area contributed by atoms with Crippen molar-refractivity contribution in [3.8, 4) is 0 Å². The molecule has 0 aliphatic rings. The predicted octanol–water partition coefficient (Wildman–Crippen LogP) is 5.81. The third-order valence-electron chi connectivity index (χ3n) is 5.78. The van der Waals surface area contributed by atoms with Gasteiger partial charge in [-0.15, -0.1) is 0 Å². The van der Waals surface area contributed by atoms with Crippen LogP contribution in [-0.4, -0.2) is 29.6 Å². The van der Waals surface area contributed by atoms with E-state index in [1.807, 2.05) is 64.8 Å². The molecule has 0 aromatic heterocycles. The maximum Gasteiger partial charge on any atom is 0.168 e. The molecule has 1 unspecified atom stereocenters. The van der Waals surface area contributed by atoms with E-state index in [4.69, 9.17) is 4.79 Å². The van der Waals surface area contributed by atoms with E-state index in [1.165, 1.54) is 0 Å². The van der Waals surface area contributed by atoms with Crippen LogP contribution in [0.1, 0.15) is 96.3 Å². The summed E-state index contributed by atoms with van der Waals surface area (Å²) in [5.41, 5.74) is 0.155. The molecule has 1 aromatic carbocycles. The largest absolute Gasteiger partial charge is 0.393 e. The molecule has 0 amide bonds. The van der Waals surface area contributed by atoms with E-state index in [0.29, 0.717) is 0 Å². The molecule has 0 aliphatic carbocycles. The van der Waals surface area contributed by atoms with Gasteiger partial charge in [0.2, 0.25) is 0 Å². The van der Waals surface area contributed by atoms with Crippen LogP contribution in [0.2, 0.25) is 0 Å². The first-order chi connectivity index (χ1) is 13.6. The molecule has 0 radical (unpaired) electrons. The highest BCUT2D eigenvalue weighted by Gasteiger charge is 2.28. The molecule has 0 saturated carbocycles. The van der Waals surface area contributed by atoms with Crippen LogP contribution in [0.3, 0.4) is 0 Å². The number of Topliss-reactive ketones (excluding diaryl/α,β-unsaturated/α-hetero) is 2. The molecule has 0 fully saturated rings. The van der Waals surface area contributed by atoms with Crippen LogP contribution in [0.15, 0.2) is 30.3 Å². The van der Waals surface area contributed by atoms with Gasteiger partial charge in [-0.3, -0.25) is 9.59 Å². The second kappa shape index (κ2) is 13.4. The van der Waals surface area contributed by atoms with Gasteiger partial charge in [-0.2, -0.15) is 0 Å². The van der Waals surface area contributed by atoms with Crippen LogP contribution >= 0.6 is 0 Å². The molecule has 0 bridgehead atoms. The highest BCUT2D eigenvalue weighted by atomic mass is 16.3. The third-order valence-corrected chi connectivity index (χ3v) is 5.78. The molecule has 0 saturated heterocycles. The van der Waals surface area contributed by atoms with E-state index in [9.17, 15) is 14.7 Å². The second-order valence-electron chi connectivity index (χ2n) is 9.16. The number of carbonyl (C=O) groups excluding carboxylic acids is 3. The predicted molar refractivity (Wildman–Crippen MR) is 119 cm³/mol. The number of benzene rings is 1. The molecule has 1 aromatic rings. The Labute approximate surface area is 177 Å². The molecule has 4 nitrogen and oxygen atoms in total. The van der Waals surface area contributed by atoms with Crippen molar-refractivity contribution in [2.75, 3.05) is 0 Å². The van der Waals surface area contributed by atoms with Gasteiger partial charge in [0, 0.05) is 16.4 Å². The molecule has 1 N–H and O–H groups in total. The Hall–Kier alpha value is -1.81. The normalized spacial score (nSPS) is 12.6. The number of carbonyl (C=O) groups is 3. The zero-order chi connectivity index (χ0) is 22.5. The van der Waals surface area contributed by atoms with E-state index in [2.05, 4.69) is 0 Å². The molecule has 1 atom stereocenters. The summed E-state index contributed by atoms with van der Waals surface area (Å²) in [5.74, 6) is 0.424. The monoisotopic (exact) mass is 404 g/mol. The lowest BCUT2D eigenvalue weighted by molar-refractivity contribution is -0.125. The Bertz CT molecular complexity index is 605. The minimum atomic E-state index is -0.370. The van der Waals surface area contributed by atoms with Crippen LogP contribution in [0.25, 0.3) is 0 Å². The summed E-state index contributed by atoms with van der Waals surface area (Å²) in [6, 6.07) is 9.48. The molecular weight excluding hydrogens is 364 g/mol. The van der Waals surface area contributed by atoms with E-state index < -0.39 is 0 Å². The summed E-state index contributed by atoms with van der Waals surface area (Å²) >= 11 is 0. The van der Waals surface area contributed by atoms with Gasteiger partial charge in [0.05, 0.1) is 6.10 Å². The number of ketones is 2. The van der Waals surface area contributed by atoms with Crippen LogP contribution < -0.4 is 0 Å². The Morgan fingerprint density at radius 1 is 0.862 bits per heavy atom. The molecular formula is C25H40O4. The summed E-state index contributed by atoms with van der Waals surface area (Å²) in [7, 11) is 0. The van der Waals surface area contributed by atoms with Crippen molar-refractivity contribution in [3.63, 3.8) is 0 Å². The van der Waals surface area contributed by atoms with Crippen LogP contribution in [0.4, 0.5) is 0 Å². The first kappa shape index (κ1) is 27.2. The summed E-state index contributed by atoms with van der Waals surface area (Å²) in [5, 5.41) is 10.2. The lowest BCUT2D eigenvalue weighted by atomic mass is 9.79. The van der Waals surface area contributed by atoms with Gasteiger partial charge >= 0.3 is 0 Å². The number of rotatable bonds is 13. The van der Waals surface area contributed by atoms with Gasteiger partial charge in [0.1, 0.15) is 12.6 Å². The van der Waals surface area contributed by atoms with Crippen molar-refractivity contribution in [2.24, 2.45) is 10.8 Å². The number of aliphatic hydroxyl groups excluding tert-OH is 1. The van der Waals surface area contributed by atoms with Gasteiger partial charge in [-0.1, -0.05) is 83.7 Å². The van der Waals surface area contributed by atoms with Crippen molar-refractivity contribution >= 4 is 18.4 Å². The van der Waals surface area contributed by atoms with Gasteiger partial charge in [-0.05, 0) is 32.6 Å². The summed E-state index contributed by atoms with van der Waals surface area (Å²) in [6.07, 6.45) is 6.82. The van der Waals surface area contributed by atoms with E-state index in [1.54, 1.807) is 6.92 Å². The molecule has 0 heterocycles. The molecule has 4 heteroatoms. The Balaban J connectivity index is 0.00000379. The quantitative estimate of drug-likeness (QED) is 0.333. The van der Waals surface area contributed by atoms with Crippen LogP contribution in [-0.2, 0) is 9.59 Å². The van der Waals surface area contributed by atoms with Crippen molar-refractivity contribution in [2.45, 2.75) is 92.1 Å². The van der Waals surface area contributed by atoms with E-state index in [0.717, 1.165) is 56.9 Å². The first-order valence-electron chi connectivity index (χ1n) is 10.6. The van der Waals surface area contributed by atoms with Crippen molar-refractivity contribution in [3.05, 3.63) is 35.9 Å². The Morgan fingerprint density at radius 3 is 1.76 bits per heavy atom. The number of hydrogen-bond acceptors (Lipinski definition) is 4. The lowest BCUT2D eigenvalue weighted by Crippen LogP contribution is -2.24. The lowest BCUT2D eigenvalue weighted by Gasteiger charge is -2.23. The average molecular weight is 405 g/mol. The standard InChI is InChI=1S/C24H38O3.CH2O/c1-19(25)23(2,3)17-11-9-15-21(26)16-10-12-18-24(4,5)22(27)20-13-7-6-8-14-20;1-2/h6-8,13-14,21,26H,9-12,15-18H2,1-5H3;1H2. The van der Waals surface area contributed by atoms with Gasteiger partial charge in [0.25, 0.3) is 0 Å². The van der Waals surface area contributed by atoms with Crippen molar-refractivity contribution < 1.29 is 19.5 Å². The first-order valence-corrected chi connectivity index (χ1v) is 10.6. The smallest absolute Gasteiger partial charge is 0.168 e. The SMILES string of the molecule is C=O.CC(=O)C(C)(C)CCCCC(O)CCCCC(C)(C)C(=O)c1ccccc1. The molecule has 0 aliphatic heterocycles. The summed E-state index contributed by atoms with van der Waals surface area (Å²) in [6.45, 7) is 11.7. The molecule has 0 spiro atoms. The highest BCUT2D eigenvalue weighted by molar-refractivity contribution is 5.99. The Kier molecular flexibility index (Phi) is 12.6. The molecule has 1 rings (SSSR count). The number of aliphatic hydroxyl groups is 1.